The van der Waals surface area contributed by atoms with Crippen LogP contribution in [0.2, 0.25) is 5.02 Å². The van der Waals surface area contributed by atoms with Gasteiger partial charge >= 0.3 is 6.03 Å². The van der Waals surface area contributed by atoms with E-state index in [1.54, 1.807) is 0 Å². The zero-order chi connectivity index (χ0) is 13.2. The van der Waals surface area contributed by atoms with Crippen LogP contribution in [0.4, 0.5) is 10.5 Å². The molecule has 0 unspecified atom stereocenters. The van der Waals surface area contributed by atoms with Crippen LogP contribution in [-0.2, 0) is 0 Å². The molecule has 1 aromatic rings. The highest BCUT2D eigenvalue weighted by atomic mass is 35.5. The number of nitrogens with one attached hydrogen (secondary N) is 1. The number of amides is 2. The van der Waals surface area contributed by atoms with Gasteiger partial charge in [-0.1, -0.05) is 11.6 Å². The fourth-order valence-corrected chi connectivity index (χ4v) is 3.00. The molecule has 1 aromatic carbocycles. The van der Waals surface area contributed by atoms with Gasteiger partial charge in [0.05, 0.1) is 0 Å². The highest BCUT2D eigenvalue weighted by Gasteiger charge is 2.34. The number of nitrogens with zero attached hydrogens (tertiary/aromatic N) is 2. The Morgan fingerprint density at radius 2 is 1.75 bits per heavy atom. The van der Waals surface area contributed by atoms with Gasteiger partial charge in [0.1, 0.15) is 0 Å². The van der Waals surface area contributed by atoms with E-state index in [1.165, 1.54) is 0 Å². The maximum absolute atomic E-state index is 12.5. The standard InChI is InChI=1S/C14H18ClN3O.ClH/c15-11-1-3-12(4-2-11)17-9-10-18(14(17)19)13-5-7-16-8-6-13;/h1-4,13,16H,5-10H2;1H. The molecule has 2 fully saturated rings. The Labute approximate surface area is 130 Å². The van der Waals surface area contributed by atoms with Crippen LogP contribution < -0.4 is 10.2 Å². The first kappa shape index (κ1) is 15.4. The number of hydrogen-bond acceptors (Lipinski definition) is 2. The molecule has 20 heavy (non-hydrogen) atoms. The van der Waals surface area contributed by atoms with Gasteiger partial charge in [-0.3, -0.25) is 4.90 Å². The summed E-state index contributed by atoms with van der Waals surface area (Å²) in [5.74, 6) is 0. The average molecular weight is 316 g/mol. The van der Waals surface area contributed by atoms with Crippen molar-refractivity contribution in [2.24, 2.45) is 0 Å². The van der Waals surface area contributed by atoms with Crippen LogP contribution in [0.25, 0.3) is 0 Å². The van der Waals surface area contributed by atoms with E-state index in [2.05, 4.69) is 5.32 Å². The summed E-state index contributed by atoms with van der Waals surface area (Å²) in [7, 11) is 0. The van der Waals surface area contributed by atoms with Crippen LogP contribution in [0, 0.1) is 0 Å². The first-order valence-corrected chi connectivity index (χ1v) is 7.18. The van der Waals surface area contributed by atoms with Gasteiger partial charge in [-0.25, -0.2) is 4.79 Å². The van der Waals surface area contributed by atoms with Gasteiger partial charge in [0.15, 0.2) is 0 Å². The number of carbonyl (C=O) groups excluding carboxylic acids is 1. The number of carbonyl (C=O) groups is 1. The fourth-order valence-electron chi connectivity index (χ4n) is 2.87. The lowest BCUT2D eigenvalue weighted by Gasteiger charge is -2.31. The first-order valence-electron chi connectivity index (χ1n) is 6.80. The molecule has 0 aliphatic carbocycles. The molecule has 2 amide bonds. The summed E-state index contributed by atoms with van der Waals surface area (Å²) in [5, 5.41) is 4.04. The molecular formula is C14H19Cl2N3O. The van der Waals surface area contributed by atoms with Crippen molar-refractivity contribution in [1.82, 2.24) is 10.2 Å². The normalized spacial score (nSPS) is 20.1. The quantitative estimate of drug-likeness (QED) is 0.911. The SMILES string of the molecule is Cl.O=C1N(c2ccc(Cl)cc2)CCN1C1CCNCC1. The minimum absolute atomic E-state index is 0. The Bertz CT molecular complexity index is 460. The van der Waals surface area contributed by atoms with Crippen molar-refractivity contribution in [3.05, 3.63) is 29.3 Å². The molecular weight excluding hydrogens is 297 g/mol. The van der Waals surface area contributed by atoms with Crippen LogP contribution in [0.5, 0.6) is 0 Å². The molecule has 4 nitrogen and oxygen atoms in total. The summed E-state index contributed by atoms with van der Waals surface area (Å²) in [6.45, 7) is 3.61. The third-order valence-electron chi connectivity index (χ3n) is 3.93. The number of halogens is 2. The lowest BCUT2D eigenvalue weighted by molar-refractivity contribution is 0.185. The summed E-state index contributed by atoms with van der Waals surface area (Å²) in [6, 6.07) is 8.01. The van der Waals surface area contributed by atoms with Crippen molar-refractivity contribution in [1.29, 1.82) is 0 Å². The Hall–Kier alpha value is -0.970. The zero-order valence-corrected chi connectivity index (χ0v) is 12.8. The molecule has 0 aromatic heterocycles. The topological polar surface area (TPSA) is 35.6 Å². The fraction of sp³-hybridized carbons (Fsp3) is 0.500. The predicted molar refractivity (Wildman–Crippen MR) is 84.0 cm³/mol. The Morgan fingerprint density at radius 3 is 2.40 bits per heavy atom. The number of benzene rings is 1. The van der Waals surface area contributed by atoms with Crippen molar-refractivity contribution >= 4 is 35.7 Å². The molecule has 3 rings (SSSR count). The van der Waals surface area contributed by atoms with Crippen LogP contribution in [0.1, 0.15) is 12.8 Å². The molecule has 0 saturated carbocycles. The van der Waals surface area contributed by atoms with E-state index in [4.69, 9.17) is 11.6 Å². The smallest absolute Gasteiger partial charge is 0.319 e. The molecule has 0 bridgehead atoms. The van der Waals surface area contributed by atoms with Crippen LogP contribution in [0.3, 0.4) is 0 Å². The molecule has 0 atom stereocenters. The third kappa shape index (κ3) is 3.03. The van der Waals surface area contributed by atoms with Gasteiger partial charge in [0.25, 0.3) is 0 Å². The third-order valence-corrected chi connectivity index (χ3v) is 4.18. The summed E-state index contributed by atoms with van der Waals surface area (Å²) in [6.07, 6.45) is 2.11. The van der Waals surface area contributed by atoms with Crippen LogP contribution in [-0.4, -0.2) is 43.2 Å². The molecule has 6 heteroatoms. The number of urea groups is 1. The molecule has 1 N–H and O–H groups in total. The van der Waals surface area contributed by atoms with E-state index in [9.17, 15) is 4.79 Å². The van der Waals surface area contributed by atoms with Gasteiger partial charge < -0.3 is 10.2 Å². The summed E-state index contributed by atoms with van der Waals surface area (Å²) < 4.78 is 0. The molecule has 2 heterocycles. The molecule has 0 spiro atoms. The van der Waals surface area contributed by atoms with E-state index in [0.29, 0.717) is 11.1 Å². The van der Waals surface area contributed by atoms with Gasteiger partial charge in [-0.05, 0) is 50.2 Å². The van der Waals surface area contributed by atoms with Crippen molar-refractivity contribution < 1.29 is 4.79 Å². The van der Waals surface area contributed by atoms with Gasteiger partial charge in [-0.2, -0.15) is 0 Å². The van der Waals surface area contributed by atoms with Crippen molar-refractivity contribution in [2.75, 3.05) is 31.1 Å². The van der Waals surface area contributed by atoms with Crippen molar-refractivity contribution in [3.63, 3.8) is 0 Å². The first-order chi connectivity index (χ1) is 9.25. The molecule has 2 saturated heterocycles. The predicted octanol–water partition coefficient (Wildman–Crippen LogP) is 2.76. The van der Waals surface area contributed by atoms with Crippen LogP contribution >= 0.6 is 24.0 Å². The van der Waals surface area contributed by atoms with Gasteiger partial charge in [0.2, 0.25) is 0 Å². The monoisotopic (exact) mass is 315 g/mol. The molecule has 2 aliphatic rings. The van der Waals surface area contributed by atoms with Crippen molar-refractivity contribution in [2.45, 2.75) is 18.9 Å². The highest BCUT2D eigenvalue weighted by Crippen LogP contribution is 2.25. The average Bonchev–Trinajstić information content (AvgIpc) is 2.83. The van der Waals surface area contributed by atoms with Crippen LogP contribution in [0.15, 0.2) is 24.3 Å². The maximum Gasteiger partial charge on any atom is 0.324 e. The van der Waals surface area contributed by atoms with E-state index >= 15 is 0 Å². The number of hydrogen-bond donors (Lipinski definition) is 1. The van der Waals surface area contributed by atoms with E-state index < -0.39 is 0 Å². The molecule has 0 radical (unpaired) electrons. The highest BCUT2D eigenvalue weighted by molar-refractivity contribution is 6.30. The number of rotatable bonds is 2. The Kier molecular flexibility index (Phi) is 5.13. The lowest BCUT2D eigenvalue weighted by Crippen LogP contribution is -2.45. The Balaban J connectivity index is 0.00000147. The van der Waals surface area contributed by atoms with Gasteiger partial charge in [0, 0.05) is 29.8 Å². The Morgan fingerprint density at radius 1 is 1.10 bits per heavy atom. The molecule has 110 valence electrons. The van der Waals surface area contributed by atoms with E-state index in [0.717, 1.165) is 44.7 Å². The largest absolute Gasteiger partial charge is 0.324 e. The summed E-state index contributed by atoms with van der Waals surface area (Å²) in [4.78, 5) is 16.4. The van der Waals surface area contributed by atoms with Gasteiger partial charge in [-0.15, -0.1) is 12.4 Å². The second kappa shape index (κ2) is 6.66. The van der Waals surface area contributed by atoms with E-state index in [-0.39, 0.29) is 18.4 Å². The maximum atomic E-state index is 12.5. The lowest BCUT2D eigenvalue weighted by atomic mass is 10.1. The second-order valence-electron chi connectivity index (χ2n) is 5.09. The summed E-state index contributed by atoms with van der Waals surface area (Å²) >= 11 is 5.88. The van der Waals surface area contributed by atoms with Crippen molar-refractivity contribution in [3.8, 4) is 0 Å². The zero-order valence-electron chi connectivity index (χ0n) is 11.2. The number of anilines is 1. The summed E-state index contributed by atoms with van der Waals surface area (Å²) in [5.41, 5.74) is 0.936. The van der Waals surface area contributed by atoms with E-state index in [1.807, 2.05) is 34.1 Å². The minimum Gasteiger partial charge on any atom is -0.319 e. The minimum atomic E-state index is 0. The second-order valence-corrected chi connectivity index (χ2v) is 5.52. The molecule has 2 aliphatic heterocycles. The number of piperidine rings is 1.